The number of hydrogen-bond acceptors (Lipinski definition) is 3. The van der Waals surface area contributed by atoms with Crippen LogP contribution >= 0.6 is 24.8 Å². The smallest absolute Gasteiger partial charge is 0.221 e. The second-order valence-corrected chi connectivity index (χ2v) is 5.64. The summed E-state index contributed by atoms with van der Waals surface area (Å²) in [5, 5.41) is 6.07. The Hall–Kier alpha value is -1.04. The summed E-state index contributed by atoms with van der Waals surface area (Å²) in [6.07, 6.45) is 2.54. The van der Waals surface area contributed by atoms with Gasteiger partial charge in [-0.25, -0.2) is 4.39 Å². The van der Waals surface area contributed by atoms with E-state index in [1.807, 2.05) is 20.0 Å². The van der Waals surface area contributed by atoms with Crippen molar-refractivity contribution in [2.24, 2.45) is 0 Å². The number of rotatable bonds is 5. The minimum Gasteiger partial charge on any atom is -0.369 e. The molecule has 0 radical (unpaired) electrons. The van der Waals surface area contributed by atoms with E-state index in [0.29, 0.717) is 13.0 Å². The third kappa shape index (κ3) is 6.53. The normalized spacial score (nSPS) is 17.0. The van der Waals surface area contributed by atoms with E-state index in [4.69, 9.17) is 0 Å². The van der Waals surface area contributed by atoms with Gasteiger partial charge in [-0.1, -0.05) is 0 Å². The molecule has 1 aromatic carbocycles. The summed E-state index contributed by atoms with van der Waals surface area (Å²) < 4.78 is 13.2. The predicted octanol–water partition coefficient (Wildman–Crippen LogP) is 2.67. The molecule has 7 heteroatoms. The van der Waals surface area contributed by atoms with E-state index in [9.17, 15) is 9.18 Å². The topological polar surface area (TPSA) is 44.4 Å². The molecule has 0 saturated carbocycles. The first-order valence-electron chi connectivity index (χ1n) is 7.55. The Morgan fingerprint density at radius 2 is 2.13 bits per heavy atom. The van der Waals surface area contributed by atoms with Gasteiger partial charge in [-0.05, 0) is 50.6 Å². The fraction of sp³-hybridized carbons (Fsp3) is 0.562. The minimum absolute atomic E-state index is 0. The maximum atomic E-state index is 13.2. The van der Waals surface area contributed by atoms with Gasteiger partial charge in [0.25, 0.3) is 0 Å². The fourth-order valence-electron chi connectivity index (χ4n) is 2.83. The number of benzene rings is 1. The molecule has 1 aliphatic rings. The summed E-state index contributed by atoms with van der Waals surface area (Å²) in [4.78, 5) is 14.0. The second kappa shape index (κ2) is 10.7. The molecule has 0 spiro atoms. The van der Waals surface area contributed by atoms with E-state index < -0.39 is 0 Å². The molecular weight excluding hydrogens is 340 g/mol. The first-order chi connectivity index (χ1) is 10.1. The zero-order valence-electron chi connectivity index (χ0n) is 13.6. The van der Waals surface area contributed by atoms with E-state index in [1.165, 1.54) is 6.07 Å². The molecule has 2 N–H and O–H groups in total. The van der Waals surface area contributed by atoms with Crippen molar-refractivity contribution >= 4 is 36.4 Å². The summed E-state index contributed by atoms with van der Waals surface area (Å²) in [5.41, 5.74) is 2.00. The Balaban J connectivity index is 0.00000242. The largest absolute Gasteiger partial charge is 0.369 e. The number of carbonyl (C=O) groups excluding carboxylic acids is 1. The number of amides is 1. The van der Waals surface area contributed by atoms with Crippen LogP contribution in [0.2, 0.25) is 0 Å². The van der Waals surface area contributed by atoms with Crippen LogP contribution in [0.4, 0.5) is 10.1 Å². The van der Waals surface area contributed by atoms with Gasteiger partial charge in [-0.3, -0.25) is 4.79 Å². The molecule has 0 bridgehead atoms. The number of anilines is 1. The lowest BCUT2D eigenvalue weighted by Crippen LogP contribution is -2.48. The monoisotopic (exact) mass is 365 g/mol. The number of piperidine rings is 1. The molecule has 1 fully saturated rings. The summed E-state index contributed by atoms with van der Waals surface area (Å²) >= 11 is 0. The van der Waals surface area contributed by atoms with Crippen LogP contribution in [-0.4, -0.2) is 38.6 Å². The maximum absolute atomic E-state index is 13.2. The van der Waals surface area contributed by atoms with E-state index in [-0.39, 0.29) is 42.6 Å². The Kier molecular flexibility index (Phi) is 10.2. The first kappa shape index (κ1) is 22.0. The van der Waals surface area contributed by atoms with E-state index in [0.717, 1.165) is 37.2 Å². The van der Waals surface area contributed by atoms with Gasteiger partial charge < -0.3 is 15.5 Å². The van der Waals surface area contributed by atoms with E-state index in [2.05, 4.69) is 15.5 Å². The molecule has 0 aliphatic carbocycles. The average molecular weight is 366 g/mol. The van der Waals surface area contributed by atoms with Crippen LogP contribution in [0.25, 0.3) is 0 Å². The molecule has 1 saturated heterocycles. The van der Waals surface area contributed by atoms with Gasteiger partial charge in [0.1, 0.15) is 5.82 Å². The highest BCUT2D eigenvalue weighted by Gasteiger charge is 2.22. The van der Waals surface area contributed by atoms with Gasteiger partial charge >= 0.3 is 0 Å². The van der Waals surface area contributed by atoms with Gasteiger partial charge in [0.05, 0.1) is 0 Å². The van der Waals surface area contributed by atoms with Crippen molar-refractivity contribution in [2.75, 3.05) is 31.6 Å². The molecule has 1 atom stereocenters. The molecule has 0 aromatic heterocycles. The quantitative estimate of drug-likeness (QED) is 0.842. The highest BCUT2D eigenvalue weighted by molar-refractivity contribution is 5.85. The Morgan fingerprint density at radius 3 is 2.78 bits per heavy atom. The Morgan fingerprint density at radius 1 is 1.39 bits per heavy atom. The lowest BCUT2D eigenvalue weighted by Gasteiger charge is -2.35. The third-order valence-electron chi connectivity index (χ3n) is 3.89. The second-order valence-electron chi connectivity index (χ2n) is 5.64. The molecule has 1 heterocycles. The van der Waals surface area contributed by atoms with Crippen LogP contribution in [0, 0.1) is 12.7 Å². The SMILES string of the molecule is CNCCC(=O)NC1CCCN(c2ccc(F)cc2C)C1.Cl.Cl. The van der Waals surface area contributed by atoms with E-state index in [1.54, 1.807) is 6.07 Å². The van der Waals surface area contributed by atoms with Crippen LogP contribution in [0.5, 0.6) is 0 Å². The minimum atomic E-state index is -0.204. The molecule has 1 amide bonds. The van der Waals surface area contributed by atoms with Gasteiger partial charge in [0.15, 0.2) is 0 Å². The van der Waals surface area contributed by atoms with E-state index >= 15 is 0 Å². The Bertz CT molecular complexity index is 502. The zero-order valence-corrected chi connectivity index (χ0v) is 15.2. The van der Waals surface area contributed by atoms with Crippen LogP contribution < -0.4 is 15.5 Å². The van der Waals surface area contributed by atoms with Crippen molar-refractivity contribution < 1.29 is 9.18 Å². The summed E-state index contributed by atoms with van der Waals surface area (Å²) in [6.45, 7) is 4.36. The molecule has 1 aliphatic heterocycles. The van der Waals surface area contributed by atoms with Crippen LogP contribution in [-0.2, 0) is 4.79 Å². The number of nitrogens with zero attached hydrogens (tertiary/aromatic N) is 1. The summed E-state index contributed by atoms with van der Waals surface area (Å²) in [5.74, 6) is -0.114. The zero-order chi connectivity index (χ0) is 15.2. The highest BCUT2D eigenvalue weighted by Crippen LogP contribution is 2.24. The predicted molar refractivity (Wildman–Crippen MR) is 97.6 cm³/mol. The maximum Gasteiger partial charge on any atom is 0.221 e. The fourth-order valence-corrected chi connectivity index (χ4v) is 2.83. The van der Waals surface area contributed by atoms with Crippen molar-refractivity contribution in [3.63, 3.8) is 0 Å². The lowest BCUT2D eigenvalue weighted by molar-refractivity contribution is -0.121. The third-order valence-corrected chi connectivity index (χ3v) is 3.89. The van der Waals surface area contributed by atoms with Gasteiger partial charge in [-0.15, -0.1) is 24.8 Å². The molecular formula is C16H26Cl2FN3O. The van der Waals surface area contributed by atoms with Crippen molar-refractivity contribution in [3.05, 3.63) is 29.6 Å². The number of hydrogen-bond donors (Lipinski definition) is 2. The van der Waals surface area contributed by atoms with Gasteiger partial charge in [0.2, 0.25) is 5.91 Å². The molecule has 132 valence electrons. The molecule has 23 heavy (non-hydrogen) atoms. The van der Waals surface area contributed by atoms with Crippen molar-refractivity contribution in [1.82, 2.24) is 10.6 Å². The van der Waals surface area contributed by atoms with Crippen LogP contribution in [0.15, 0.2) is 18.2 Å². The van der Waals surface area contributed by atoms with Crippen LogP contribution in [0.1, 0.15) is 24.8 Å². The number of nitrogens with one attached hydrogen (secondary N) is 2. The number of halogens is 3. The molecule has 1 unspecified atom stereocenters. The van der Waals surface area contributed by atoms with Gasteiger partial charge in [0, 0.05) is 37.8 Å². The summed E-state index contributed by atoms with van der Waals surface area (Å²) in [6, 6.07) is 5.06. The van der Waals surface area contributed by atoms with Crippen molar-refractivity contribution in [1.29, 1.82) is 0 Å². The molecule has 4 nitrogen and oxygen atoms in total. The highest BCUT2D eigenvalue weighted by atomic mass is 35.5. The molecule has 2 rings (SSSR count). The summed E-state index contributed by atoms with van der Waals surface area (Å²) in [7, 11) is 1.84. The van der Waals surface area contributed by atoms with Crippen molar-refractivity contribution in [3.8, 4) is 0 Å². The Labute approximate surface area is 150 Å². The lowest BCUT2D eigenvalue weighted by atomic mass is 10.0. The van der Waals surface area contributed by atoms with Gasteiger partial charge in [-0.2, -0.15) is 0 Å². The molecule has 1 aromatic rings. The van der Waals surface area contributed by atoms with Crippen molar-refractivity contribution in [2.45, 2.75) is 32.2 Å². The average Bonchev–Trinajstić information content (AvgIpc) is 2.45. The number of carbonyl (C=O) groups is 1. The van der Waals surface area contributed by atoms with Crippen LogP contribution in [0.3, 0.4) is 0 Å². The first-order valence-corrected chi connectivity index (χ1v) is 7.55. The number of aryl methyl sites for hydroxylation is 1. The standard InChI is InChI=1S/C16H24FN3O.2ClH/c1-12-10-13(17)5-6-15(12)20-9-3-4-14(11-20)19-16(21)7-8-18-2;;/h5-6,10,14,18H,3-4,7-9,11H2,1-2H3,(H,19,21);2*1H.